The highest BCUT2D eigenvalue weighted by Crippen LogP contribution is 2.23. The summed E-state index contributed by atoms with van der Waals surface area (Å²) >= 11 is 2.15. The molecular weight excluding hydrogens is 444 g/mol. The molecule has 0 spiro atoms. The molecule has 0 saturated heterocycles. The molecule has 0 amide bonds. The van der Waals surface area contributed by atoms with E-state index in [1.54, 1.807) is 25.1 Å². The Labute approximate surface area is 165 Å². The first kappa shape index (κ1) is 18.4. The Morgan fingerprint density at radius 3 is 2.62 bits per heavy atom. The van der Waals surface area contributed by atoms with Gasteiger partial charge in [0, 0.05) is 14.8 Å². The summed E-state index contributed by atoms with van der Waals surface area (Å²) in [6, 6.07) is 12.5. The number of hydrogen-bond donors (Lipinski definition) is 0. The molecule has 0 aliphatic heterocycles. The second-order valence-electron chi connectivity index (χ2n) is 6.04. The van der Waals surface area contributed by atoms with Crippen LogP contribution in [0.1, 0.15) is 28.1 Å². The van der Waals surface area contributed by atoms with Crippen molar-refractivity contribution in [2.45, 2.75) is 27.4 Å². The van der Waals surface area contributed by atoms with E-state index in [-0.39, 0.29) is 5.82 Å². The first-order valence-electron chi connectivity index (χ1n) is 8.04. The maximum atomic E-state index is 13.4. The number of rotatable bonds is 4. The quantitative estimate of drug-likeness (QED) is 0.515. The van der Waals surface area contributed by atoms with Gasteiger partial charge in [-0.1, -0.05) is 0 Å². The van der Waals surface area contributed by atoms with Crippen LogP contribution in [0.15, 0.2) is 36.4 Å². The number of aryl methyl sites for hydroxylation is 2. The van der Waals surface area contributed by atoms with Crippen molar-refractivity contribution in [2.24, 2.45) is 0 Å². The maximum Gasteiger partial charge on any atom is 0.126 e. The number of ether oxygens (including phenoxy) is 1. The minimum atomic E-state index is -0.243. The fraction of sp³-hybridized carbons (Fsp3) is 0.200. The number of hydrogen-bond acceptors (Lipinski definition) is 3. The Morgan fingerprint density at radius 2 is 1.96 bits per heavy atom. The van der Waals surface area contributed by atoms with Gasteiger partial charge >= 0.3 is 0 Å². The Morgan fingerprint density at radius 1 is 1.19 bits per heavy atom. The monoisotopic (exact) mass is 461 g/mol. The fourth-order valence-corrected chi connectivity index (χ4v) is 3.34. The molecule has 6 heteroatoms. The smallest absolute Gasteiger partial charge is 0.126 e. The minimum absolute atomic E-state index is 0.243. The standard InChI is InChI=1S/C20H17FIN3O/c1-12-8-17(6-7-19(12)21)26-11-18-13(2)24-25(14(18)3)16-5-4-15(10-23)20(22)9-16/h4-9H,11H2,1-3H3. The second kappa shape index (κ2) is 7.46. The molecule has 0 radical (unpaired) electrons. The SMILES string of the molecule is Cc1cc(OCc2c(C)nn(-c3ccc(C#N)c(I)c3)c2C)ccc1F. The largest absolute Gasteiger partial charge is 0.489 e. The molecule has 4 nitrogen and oxygen atoms in total. The van der Waals surface area contributed by atoms with Crippen LogP contribution in [0.25, 0.3) is 5.69 Å². The van der Waals surface area contributed by atoms with Crippen molar-refractivity contribution in [1.29, 1.82) is 5.26 Å². The van der Waals surface area contributed by atoms with Gasteiger partial charge in [0.2, 0.25) is 0 Å². The maximum absolute atomic E-state index is 13.4. The first-order chi connectivity index (χ1) is 12.4. The van der Waals surface area contributed by atoms with E-state index >= 15 is 0 Å². The Balaban J connectivity index is 1.87. The average molecular weight is 461 g/mol. The Bertz CT molecular complexity index is 1020. The molecule has 26 heavy (non-hydrogen) atoms. The topological polar surface area (TPSA) is 50.8 Å². The Hall–Kier alpha value is -2.40. The van der Waals surface area contributed by atoms with Crippen molar-refractivity contribution in [1.82, 2.24) is 9.78 Å². The molecule has 0 atom stereocenters. The number of aromatic nitrogens is 2. The Kier molecular flexibility index (Phi) is 5.28. The van der Waals surface area contributed by atoms with Crippen LogP contribution in [0.3, 0.4) is 0 Å². The van der Waals surface area contributed by atoms with Gasteiger partial charge in [-0.15, -0.1) is 0 Å². The number of nitrogens with zero attached hydrogens (tertiary/aromatic N) is 3. The van der Waals surface area contributed by atoms with Gasteiger partial charge in [-0.2, -0.15) is 10.4 Å². The molecule has 1 heterocycles. The van der Waals surface area contributed by atoms with Gasteiger partial charge in [0.1, 0.15) is 24.2 Å². The van der Waals surface area contributed by atoms with Crippen LogP contribution in [0.4, 0.5) is 4.39 Å². The van der Waals surface area contributed by atoms with Crippen molar-refractivity contribution in [3.05, 3.63) is 73.9 Å². The summed E-state index contributed by atoms with van der Waals surface area (Å²) in [4.78, 5) is 0. The van der Waals surface area contributed by atoms with Gasteiger partial charge in [0.25, 0.3) is 0 Å². The van der Waals surface area contributed by atoms with E-state index < -0.39 is 0 Å². The molecule has 0 bridgehead atoms. The average Bonchev–Trinajstić information content (AvgIpc) is 2.90. The van der Waals surface area contributed by atoms with E-state index in [2.05, 4.69) is 33.8 Å². The van der Waals surface area contributed by atoms with Crippen molar-refractivity contribution < 1.29 is 9.13 Å². The molecule has 132 valence electrons. The van der Waals surface area contributed by atoms with Gasteiger partial charge < -0.3 is 4.74 Å². The summed E-state index contributed by atoms with van der Waals surface area (Å²) in [5, 5.41) is 13.7. The van der Waals surface area contributed by atoms with Gasteiger partial charge in [-0.05, 0) is 85.3 Å². The molecule has 3 aromatic rings. The zero-order chi connectivity index (χ0) is 18.8. The molecule has 3 rings (SSSR count). The number of benzene rings is 2. The van der Waals surface area contributed by atoms with E-state index in [4.69, 9.17) is 10.00 Å². The predicted octanol–water partition coefficient (Wildman–Crippen LogP) is 4.99. The molecule has 1 aromatic heterocycles. The van der Waals surface area contributed by atoms with Crippen LogP contribution in [0, 0.1) is 41.5 Å². The van der Waals surface area contributed by atoms with Crippen LogP contribution >= 0.6 is 22.6 Å². The summed E-state index contributed by atoms with van der Waals surface area (Å²) < 4.78 is 22.0. The summed E-state index contributed by atoms with van der Waals surface area (Å²) in [6.07, 6.45) is 0. The van der Waals surface area contributed by atoms with E-state index in [9.17, 15) is 4.39 Å². The third kappa shape index (κ3) is 3.58. The molecule has 0 aliphatic carbocycles. The van der Waals surface area contributed by atoms with Gasteiger partial charge in [-0.25, -0.2) is 9.07 Å². The zero-order valence-corrected chi connectivity index (χ0v) is 16.8. The number of nitriles is 1. The van der Waals surface area contributed by atoms with Crippen molar-refractivity contribution in [2.75, 3.05) is 0 Å². The fourth-order valence-electron chi connectivity index (χ4n) is 2.72. The lowest BCUT2D eigenvalue weighted by Gasteiger charge is -2.09. The van der Waals surface area contributed by atoms with Crippen molar-refractivity contribution in [3.8, 4) is 17.5 Å². The van der Waals surface area contributed by atoms with Gasteiger partial charge in [0.15, 0.2) is 0 Å². The highest BCUT2D eigenvalue weighted by molar-refractivity contribution is 14.1. The molecule has 2 aromatic carbocycles. The lowest BCUT2D eigenvalue weighted by Crippen LogP contribution is -2.02. The van der Waals surface area contributed by atoms with Crippen LogP contribution in [0.5, 0.6) is 5.75 Å². The van der Waals surface area contributed by atoms with Crippen LogP contribution in [-0.4, -0.2) is 9.78 Å². The minimum Gasteiger partial charge on any atom is -0.489 e. The summed E-state index contributed by atoms with van der Waals surface area (Å²) in [5.74, 6) is 0.385. The van der Waals surface area contributed by atoms with Crippen LogP contribution < -0.4 is 4.74 Å². The van der Waals surface area contributed by atoms with E-state index in [0.717, 1.165) is 26.2 Å². The summed E-state index contributed by atoms with van der Waals surface area (Å²) in [5.41, 5.74) is 4.94. The van der Waals surface area contributed by atoms with Gasteiger partial charge in [0.05, 0.1) is 16.9 Å². The third-order valence-electron chi connectivity index (χ3n) is 4.27. The lowest BCUT2D eigenvalue weighted by atomic mass is 10.2. The molecule has 0 saturated carbocycles. The predicted molar refractivity (Wildman–Crippen MR) is 106 cm³/mol. The number of halogens is 2. The van der Waals surface area contributed by atoms with Crippen molar-refractivity contribution >= 4 is 22.6 Å². The second-order valence-corrected chi connectivity index (χ2v) is 7.20. The summed E-state index contributed by atoms with van der Waals surface area (Å²) in [7, 11) is 0. The third-order valence-corrected chi connectivity index (χ3v) is 5.16. The zero-order valence-electron chi connectivity index (χ0n) is 14.7. The van der Waals surface area contributed by atoms with E-state index in [0.29, 0.717) is 23.5 Å². The molecule has 0 N–H and O–H groups in total. The summed E-state index contributed by atoms with van der Waals surface area (Å²) in [6.45, 7) is 5.99. The van der Waals surface area contributed by atoms with Crippen LogP contribution in [0.2, 0.25) is 0 Å². The normalized spacial score (nSPS) is 10.6. The molecule has 0 unspecified atom stereocenters. The van der Waals surface area contributed by atoms with E-state index in [1.165, 1.54) is 6.07 Å². The lowest BCUT2D eigenvalue weighted by molar-refractivity contribution is 0.304. The van der Waals surface area contributed by atoms with Crippen molar-refractivity contribution in [3.63, 3.8) is 0 Å². The van der Waals surface area contributed by atoms with Crippen LogP contribution in [-0.2, 0) is 6.61 Å². The van der Waals surface area contributed by atoms with E-state index in [1.807, 2.05) is 30.7 Å². The first-order valence-corrected chi connectivity index (χ1v) is 9.12. The highest BCUT2D eigenvalue weighted by atomic mass is 127. The molecule has 0 aliphatic rings. The molecule has 0 fully saturated rings. The highest BCUT2D eigenvalue weighted by Gasteiger charge is 2.14. The molecular formula is C20H17FIN3O. The van der Waals surface area contributed by atoms with Gasteiger partial charge in [-0.3, -0.25) is 0 Å².